The molecule has 0 saturated carbocycles. The maximum atomic E-state index is 12.2. The first-order valence-corrected chi connectivity index (χ1v) is 9.48. The van der Waals surface area contributed by atoms with E-state index in [0.29, 0.717) is 17.7 Å². The maximum Gasteiger partial charge on any atom is 0.326 e. The van der Waals surface area contributed by atoms with E-state index < -0.39 is 34.5 Å². The average Bonchev–Trinajstić information content (AvgIpc) is 2.49. The molecule has 2 N–H and O–H groups in total. The Morgan fingerprint density at radius 3 is 2.33 bits per heavy atom. The van der Waals surface area contributed by atoms with Gasteiger partial charge in [0.2, 0.25) is 15.9 Å². The largest absolute Gasteiger partial charge is 0.480 e. The molecule has 1 aromatic carbocycles. The van der Waals surface area contributed by atoms with Crippen LogP contribution in [0.15, 0.2) is 24.3 Å². The SMILES string of the molecule is CC[C@H](C)[C@@H](NC(=O)CN(c1ccccc1C)S(C)(=O)=O)C(=O)O. The Morgan fingerprint density at radius 1 is 1.29 bits per heavy atom. The second-order valence-corrected chi connectivity index (χ2v) is 7.73. The number of nitrogens with one attached hydrogen (secondary N) is 1. The predicted octanol–water partition coefficient (Wildman–Crippen LogP) is 1.38. The summed E-state index contributed by atoms with van der Waals surface area (Å²) in [6, 6.07) is 5.73. The van der Waals surface area contributed by atoms with E-state index in [9.17, 15) is 23.1 Å². The lowest BCUT2D eigenvalue weighted by Crippen LogP contribution is -2.49. The van der Waals surface area contributed by atoms with Gasteiger partial charge in [-0.1, -0.05) is 38.5 Å². The molecule has 7 nitrogen and oxygen atoms in total. The van der Waals surface area contributed by atoms with Gasteiger partial charge in [-0.05, 0) is 24.5 Å². The number of benzene rings is 1. The topological polar surface area (TPSA) is 104 Å². The van der Waals surface area contributed by atoms with Gasteiger partial charge in [0.25, 0.3) is 0 Å². The lowest BCUT2D eigenvalue weighted by Gasteiger charge is -2.25. The molecule has 0 saturated heterocycles. The van der Waals surface area contributed by atoms with Crippen molar-refractivity contribution >= 4 is 27.6 Å². The zero-order chi connectivity index (χ0) is 18.5. The maximum absolute atomic E-state index is 12.2. The van der Waals surface area contributed by atoms with Gasteiger partial charge in [-0.2, -0.15) is 0 Å². The average molecular weight is 356 g/mol. The zero-order valence-corrected chi connectivity index (χ0v) is 15.1. The molecule has 134 valence electrons. The normalized spacial score (nSPS) is 13.8. The minimum atomic E-state index is -3.69. The van der Waals surface area contributed by atoms with E-state index in [-0.39, 0.29) is 5.92 Å². The van der Waals surface area contributed by atoms with Gasteiger partial charge < -0.3 is 10.4 Å². The van der Waals surface area contributed by atoms with Crippen LogP contribution in [0.4, 0.5) is 5.69 Å². The summed E-state index contributed by atoms with van der Waals surface area (Å²) in [5.41, 5.74) is 1.10. The van der Waals surface area contributed by atoms with E-state index in [2.05, 4.69) is 5.32 Å². The molecular weight excluding hydrogens is 332 g/mol. The van der Waals surface area contributed by atoms with Crippen molar-refractivity contribution < 1.29 is 23.1 Å². The van der Waals surface area contributed by atoms with Gasteiger partial charge in [-0.3, -0.25) is 9.10 Å². The summed E-state index contributed by atoms with van der Waals surface area (Å²) >= 11 is 0. The van der Waals surface area contributed by atoms with Crippen molar-refractivity contribution in [3.63, 3.8) is 0 Å². The van der Waals surface area contributed by atoms with Crippen molar-refractivity contribution in [2.75, 3.05) is 17.1 Å². The van der Waals surface area contributed by atoms with Crippen molar-refractivity contribution in [1.82, 2.24) is 5.32 Å². The van der Waals surface area contributed by atoms with Gasteiger partial charge in [0.15, 0.2) is 0 Å². The van der Waals surface area contributed by atoms with E-state index in [1.807, 2.05) is 6.92 Å². The van der Waals surface area contributed by atoms with E-state index in [1.165, 1.54) is 0 Å². The zero-order valence-electron chi connectivity index (χ0n) is 14.3. The van der Waals surface area contributed by atoms with Crippen LogP contribution in [0.3, 0.4) is 0 Å². The van der Waals surface area contributed by atoms with Crippen molar-refractivity contribution in [3.8, 4) is 0 Å². The number of aryl methyl sites for hydroxylation is 1. The van der Waals surface area contributed by atoms with Crippen LogP contribution >= 0.6 is 0 Å². The van der Waals surface area contributed by atoms with Crippen LogP contribution in [-0.4, -0.2) is 44.2 Å². The van der Waals surface area contributed by atoms with Gasteiger partial charge in [0.1, 0.15) is 12.6 Å². The molecule has 0 fully saturated rings. The molecule has 0 aliphatic carbocycles. The highest BCUT2D eigenvalue weighted by molar-refractivity contribution is 7.92. The Balaban J connectivity index is 3.02. The van der Waals surface area contributed by atoms with Crippen molar-refractivity contribution in [2.24, 2.45) is 5.92 Å². The van der Waals surface area contributed by atoms with Crippen LogP contribution in [0, 0.1) is 12.8 Å². The minimum absolute atomic E-state index is 0.267. The monoisotopic (exact) mass is 356 g/mol. The summed E-state index contributed by atoms with van der Waals surface area (Å²) in [5.74, 6) is -2.06. The molecule has 0 spiro atoms. The number of para-hydroxylation sites is 1. The standard InChI is InChI=1S/C16H24N2O5S/c1-5-11(2)15(16(20)21)17-14(19)10-18(24(4,22)23)13-9-7-6-8-12(13)3/h6-9,11,15H,5,10H2,1-4H3,(H,17,19)(H,20,21)/t11-,15+/m0/s1. The fraction of sp³-hybridized carbons (Fsp3) is 0.500. The summed E-state index contributed by atoms with van der Waals surface area (Å²) in [6.45, 7) is 4.81. The van der Waals surface area contributed by atoms with E-state index >= 15 is 0 Å². The number of carboxylic acid groups (broad SMARTS) is 1. The number of amides is 1. The Labute approximate surface area is 142 Å². The fourth-order valence-corrected chi connectivity index (χ4v) is 3.17. The number of hydrogen-bond donors (Lipinski definition) is 2. The second kappa shape index (κ2) is 8.14. The summed E-state index contributed by atoms with van der Waals surface area (Å²) in [6.07, 6.45) is 1.58. The first-order valence-electron chi connectivity index (χ1n) is 7.63. The lowest BCUT2D eigenvalue weighted by atomic mass is 9.99. The van der Waals surface area contributed by atoms with Crippen LogP contribution in [0.5, 0.6) is 0 Å². The van der Waals surface area contributed by atoms with Crippen LogP contribution in [0.2, 0.25) is 0 Å². The summed E-state index contributed by atoms with van der Waals surface area (Å²) in [5, 5.41) is 11.6. The molecule has 2 atom stereocenters. The summed E-state index contributed by atoms with van der Waals surface area (Å²) < 4.78 is 25.1. The molecule has 8 heteroatoms. The molecule has 0 aliphatic heterocycles. The van der Waals surface area contributed by atoms with Crippen molar-refractivity contribution in [3.05, 3.63) is 29.8 Å². The van der Waals surface area contributed by atoms with Crippen molar-refractivity contribution in [1.29, 1.82) is 0 Å². The molecule has 1 aromatic rings. The predicted molar refractivity (Wildman–Crippen MR) is 92.4 cm³/mol. The van der Waals surface area contributed by atoms with E-state index in [1.54, 1.807) is 38.1 Å². The lowest BCUT2D eigenvalue weighted by molar-refractivity contribution is -0.143. The van der Waals surface area contributed by atoms with Gasteiger partial charge >= 0.3 is 5.97 Å². The highest BCUT2D eigenvalue weighted by Crippen LogP contribution is 2.21. The Morgan fingerprint density at radius 2 is 1.88 bits per heavy atom. The molecule has 0 aromatic heterocycles. The number of sulfonamides is 1. The quantitative estimate of drug-likeness (QED) is 0.732. The number of anilines is 1. The number of hydrogen-bond acceptors (Lipinski definition) is 4. The minimum Gasteiger partial charge on any atom is -0.480 e. The number of rotatable bonds is 8. The third kappa shape index (κ3) is 5.23. The third-order valence-corrected chi connectivity index (χ3v) is 4.99. The summed E-state index contributed by atoms with van der Waals surface area (Å²) in [7, 11) is -3.69. The van der Waals surface area contributed by atoms with Crippen LogP contribution in [0.1, 0.15) is 25.8 Å². The van der Waals surface area contributed by atoms with Gasteiger partial charge in [0.05, 0.1) is 11.9 Å². The first kappa shape index (κ1) is 20.0. The number of carboxylic acids is 1. The molecule has 0 bridgehead atoms. The molecular formula is C16H24N2O5S. The third-order valence-electron chi connectivity index (χ3n) is 3.87. The molecule has 0 unspecified atom stereocenters. The smallest absolute Gasteiger partial charge is 0.326 e. The number of carbonyl (C=O) groups is 2. The Kier molecular flexibility index (Phi) is 6.77. The molecule has 0 aliphatic rings. The Bertz CT molecular complexity index is 702. The van der Waals surface area contributed by atoms with Gasteiger partial charge in [-0.25, -0.2) is 13.2 Å². The van der Waals surface area contributed by atoms with Crippen LogP contribution < -0.4 is 9.62 Å². The number of carbonyl (C=O) groups excluding carboxylic acids is 1. The highest BCUT2D eigenvalue weighted by Gasteiger charge is 2.28. The number of nitrogens with zero attached hydrogens (tertiary/aromatic N) is 1. The van der Waals surface area contributed by atoms with Crippen LogP contribution in [-0.2, 0) is 19.6 Å². The molecule has 0 heterocycles. The molecule has 0 radical (unpaired) electrons. The first-order chi connectivity index (χ1) is 11.1. The van der Waals surface area contributed by atoms with E-state index in [0.717, 1.165) is 10.6 Å². The Hall–Kier alpha value is -2.09. The highest BCUT2D eigenvalue weighted by atomic mass is 32.2. The molecule has 1 amide bonds. The molecule has 24 heavy (non-hydrogen) atoms. The summed E-state index contributed by atoms with van der Waals surface area (Å²) in [4.78, 5) is 23.5. The molecule has 1 rings (SSSR count). The van der Waals surface area contributed by atoms with Gasteiger partial charge in [0, 0.05) is 0 Å². The van der Waals surface area contributed by atoms with E-state index in [4.69, 9.17) is 0 Å². The van der Waals surface area contributed by atoms with Crippen molar-refractivity contribution in [2.45, 2.75) is 33.2 Å². The van der Waals surface area contributed by atoms with Gasteiger partial charge in [-0.15, -0.1) is 0 Å². The van der Waals surface area contributed by atoms with Crippen LogP contribution in [0.25, 0.3) is 0 Å². The fourth-order valence-electron chi connectivity index (χ4n) is 2.26. The second-order valence-electron chi connectivity index (χ2n) is 5.83. The number of aliphatic carboxylic acids is 1.